The molecule has 0 aliphatic carbocycles. The van der Waals surface area contributed by atoms with E-state index in [4.69, 9.17) is 10.8 Å². The number of aliphatic carboxylic acids is 1. The highest BCUT2D eigenvalue weighted by Crippen LogP contribution is 2.00. The van der Waals surface area contributed by atoms with Crippen molar-refractivity contribution in [1.82, 2.24) is 9.97 Å². The lowest BCUT2D eigenvalue weighted by molar-refractivity contribution is -0.138. The molecule has 1 rings (SSSR count). The van der Waals surface area contributed by atoms with Crippen molar-refractivity contribution >= 4 is 5.97 Å². The molecule has 0 saturated carbocycles. The van der Waals surface area contributed by atoms with Crippen molar-refractivity contribution in [2.24, 2.45) is 5.73 Å². The highest BCUT2D eigenvalue weighted by molar-refractivity contribution is 5.73. The minimum atomic E-state index is -1.01. The van der Waals surface area contributed by atoms with Gasteiger partial charge in [-0.2, -0.15) is 0 Å². The summed E-state index contributed by atoms with van der Waals surface area (Å²) in [5, 5.41) is 8.58. The molecule has 3 N–H and O–H groups in total. The van der Waals surface area contributed by atoms with Gasteiger partial charge < -0.3 is 10.8 Å². The maximum absolute atomic E-state index is 10.5. The third kappa shape index (κ3) is 2.77. The van der Waals surface area contributed by atoms with Crippen molar-refractivity contribution in [1.29, 1.82) is 0 Å². The molecular weight excluding hydrogens is 182 g/mol. The van der Waals surface area contributed by atoms with Gasteiger partial charge in [0, 0.05) is 25.2 Å². The fraction of sp³-hybridized carbons (Fsp3) is 0.444. The molecule has 76 valence electrons. The Morgan fingerprint density at radius 2 is 2.14 bits per heavy atom. The average Bonchev–Trinajstić information content (AvgIpc) is 2.19. The predicted octanol–water partition coefficient (Wildman–Crippen LogP) is -0.00660. The van der Waals surface area contributed by atoms with Crippen molar-refractivity contribution in [3.63, 3.8) is 0 Å². The smallest absolute Gasteiger partial charge is 0.320 e. The SMILES string of the molecule is CCc1ncc(CC(N)C(=O)O)cn1. The molecule has 5 nitrogen and oxygen atoms in total. The molecule has 5 heteroatoms. The standard InChI is InChI=1S/C9H13N3O2/c1-2-8-11-4-6(5-12-8)3-7(10)9(13)14/h4-5,7H,2-3,10H2,1H3,(H,13,14). The van der Waals surface area contributed by atoms with Gasteiger partial charge in [-0.3, -0.25) is 4.79 Å². The van der Waals surface area contributed by atoms with E-state index in [0.29, 0.717) is 0 Å². The third-order valence-corrected chi connectivity index (χ3v) is 1.85. The van der Waals surface area contributed by atoms with Gasteiger partial charge in [0.25, 0.3) is 0 Å². The number of aryl methyl sites for hydroxylation is 1. The van der Waals surface area contributed by atoms with Crippen LogP contribution >= 0.6 is 0 Å². The van der Waals surface area contributed by atoms with E-state index in [1.807, 2.05) is 6.92 Å². The zero-order chi connectivity index (χ0) is 10.6. The number of hydrogen-bond donors (Lipinski definition) is 2. The highest BCUT2D eigenvalue weighted by atomic mass is 16.4. The van der Waals surface area contributed by atoms with Gasteiger partial charge in [-0.1, -0.05) is 6.92 Å². The van der Waals surface area contributed by atoms with Crippen molar-refractivity contribution in [3.8, 4) is 0 Å². The summed E-state index contributed by atoms with van der Waals surface area (Å²) < 4.78 is 0. The number of hydrogen-bond acceptors (Lipinski definition) is 4. The van der Waals surface area contributed by atoms with Crippen LogP contribution < -0.4 is 5.73 Å². The largest absolute Gasteiger partial charge is 0.480 e. The number of nitrogens with two attached hydrogens (primary N) is 1. The molecule has 0 radical (unpaired) electrons. The minimum absolute atomic E-state index is 0.263. The predicted molar refractivity (Wildman–Crippen MR) is 50.7 cm³/mol. The monoisotopic (exact) mass is 195 g/mol. The first-order valence-electron chi connectivity index (χ1n) is 4.41. The molecule has 0 amide bonds. The second-order valence-corrected chi connectivity index (χ2v) is 3.01. The van der Waals surface area contributed by atoms with Crippen LogP contribution in [0.4, 0.5) is 0 Å². The molecule has 1 heterocycles. The molecular formula is C9H13N3O2. The molecule has 1 aromatic rings. The van der Waals surface area contributed by atoms with E-state index in [1.165, 1.54) is 0 Å². The highest BCUT2D eigenvalue weighted by Gasteiger charge is 2.12. The van der Waals surface area contributed by atoms with Gasteiger partial charge in [-0.05, 0) is 5.56 Å². The Labute approximate surface area is 82.0 Å². The molecule has 0 aromatic carbocycles. The Kier molecular flexibility index (Phi) is 3.53. The van der Waals surface area contributed by atoms with E-state index in [1.54, 1.807) is 12.4 Å². The van der Waals surface area contributed by atoms with Gasteiger partial charge in [0.15, 0.2) is 0 Å². The van der Waals surface area contributed by atoms with Crippen LogP contribution in [0.2, 0.25) is 0 Å². The first kappa shape index (κ1) is 10.6. The van der Waals surface area contributed by atoms with Crippen LogP contribution in [0.15, 0.2) is 12.4 Å². The van der Waals surface area contributed by atoms with Gasteiger partial charge in [-0.15, -0.1) is 0 Å². The molecule has 1 aromatic heterocycles. The fourth-order valence-electron chi connectivity index (χ4n) is 1.01. The van der Waals surface area contributed by atoms with E-state index in [-0.39, 0.29) is 6.42 Å². The van der Waals surface area contributed by atoms with E-state index < -0.39 is 12.0 Å². The van der Waals surface area contributed by atoms with Crippen LogP contribution in [-0.2, 0) is 17.6 Å². The summed E-state index contributed by atoms with van der Waals surface area (Å²) >= 11 is 0. The Morgan fingerprint density at radius 3 is 2.57 bits per heavy atom. The summed E-state index contributed by atoms with van der Waals surface area (Å²) in [4.78, 5) is 18.6. The number of carboxylic acids is 1. The Balaban J connectivity index is 2.64. The van der Waals surface area contributed by atoms with Gasteiger partial charge >= 0.3 is 5.97 Å². The molecule has 0 aliphatic rings. The van der Waals surface area contributed by atoms with Crippen LogP contribution in [0, 0.1) is 0 Å². The van der Waals surface area contributed by atoms with Crippen LogP contribution in [0.1, 0.15) is 18.3 Å². The normalized spacial score (nSPS) is 12.4. The molecule has 1 atom stereocenters. The quantitative estimate of drug-likeness (QED) is 0.705. The first-order chi connectivity index (χ1) is 6.63. The Hall–Kier alpha value is -1.49. The lowest BCUT2D eigenvalue weighted by Gasteiger charge is -2.05. The minimum Gasteiger partial charge on any atom is -0.480 e. The maximum Gasteiger partial charge on any atom is 0.320 e. The fourth-order valence-corrected chi connectivity index (χ4v) is 1.01. The van der Waals surface area contributed by atoms with Crippen LogP contribution in [-0.4, -0.2) is 27.1 Å². The molecule has 0 spiro atoms. The second-order valence-electron chi connectivity index (χ2n) is 3.01. The van der Waals surface area contributed by atoms with Crippen LogP contribution in [0.3, 0.4) is 0 Å². The van der Waals surface area contributed by atoms with E-state index in [0.717, 1.165) is 17.8 Å². The molecule has 0 saturated heterocycles. The number of aromatic nitrogens is 2. The van der Waals surface area contributed by atoms with E-state index in [2.05, 4.69) is 9.97 Å². The van der Waals surface area contributed by atoms with Crippen molar-refractivity contribution in [2.45, 2.75) is 25.8 Å². The van der Waals surface area contributed by atoms with E-state index in [9.17, 15) is 4.79 Å². The van der Waals surface area contributed by atoms with Gasteiger partial charge in [-0.25, -0.2) is 9.97 Å². The number of carboxylic acid groups (broad SMARTS) is 1. The number of rotatable bonds is 4. The van der Waals surface area contributed by atoms with Gasteiger partial charge in [0.1, 0.15) is 11.9 Å². The molecule has 0 aliphatic heterocycles. The van der Waals surface area contributed by atoms with Crippen molar-refractivity contribution in [3.05, 3.63) is 23.8 Å². The lowest BCUT2D eigenvalue weighted by Crippen LogP contribution is -2.32. The Bertz CT molecular complexity index is 310. The molecule has 1 unspecified atom stereocenters. The van der Waals surface area contributed by atoms with Crippen LogP contribution in [0.5, 0.6) is 0 Å². The zero-order valence-corrected chi connectivity index (χ0v) is 7.97. The maximum atomic E-state index is 10.5. The molecule has 14 heavy (non-hydrogen) atoms. The van der Waals surface area contributed by atoms with Crippen LogP contribution in [0.25, 0.3) is 0 Å². The average molecular weight is 195 g/mol. The second kappa shape index (κ2) is 4.66. The van der Waals surface area contributed by atoms with Crippen molar-refractivity contribution in [2.75, 3.05) is 0 Å². The lowest BCUT2D eigenvalue weighted by atomic mass is 10.1. The number of nitrogens with zero attached hydrogens (tertiary/aromatic N) is 2. The topological polar surface area (TPSA) is 89.1 Å². The third-order valence-electron chi connectivity index (χ3n) is 1.85. The molecule has 0 fully saturated rings. The first-order valence-corrected chi connectivity index (χ1v) is 4.41. The Morgan fingerprint density at radius 1 is 1.57 bits per heavy atom. The summed E-state index contributed by atoms with van der Waals surface area (Å²) in [7, 11) is 0. The molecule has 0 bridgehead atoms. The summed E-state index contributed by atoms with van der Waals surface area (Å²) in [6.45, 7) is 1.96. The number of carbonyl (C=O) groups is 1. The van der Waals surface area contributed by atoms with Gasteiger partial charge in [0.05, 0.1) is 0 Å². The van der Waals surface area contributed by atoms with E-state index >= 15 is 0 Å². The van der Waals surface area contributed by atoms with Gasteiger partial charge in [0.2, 0.25) is 0 Å². The summed E-state index contributed by atoms with van der Waals surface area (Å²) in [5.74, 6) is -0.262. The van der Waals surface area contributed by atoms with Crippen molar-refractivity contribution < 1.29 is 9.90 Å². The summed E-state index contributed by atoms with van der Waals surface area (Å²) in [5.41, 5.74) is 6.11. The summed E-state index contributed by atoms with van der Waals surface area (Å²) in [6.07, 6.45) is 4.27. The summed E-state index contributed by atoms with van der Waals surface area (Å²) in [6, 6.07) is -0.883. The zero-order valence-electron chi connectivity index (χ0n) is 7.97.